The van der Waals surface area contributed by atoms with Crippen molar-refractivity contribution in [1.82, 2.24) is 4.72 Å². The molecule has 0 aliphatic rings. The van der Waals surface area contributed by atoms with Crippen LogP contribution in [0.15, 0.2) is 45.8 Å². The molecule has 0 unspecified atom stereocenters. The van der Waals surface area contributed by atoms with Crippen LogP contribution in [-0.4, -0.2) is 8.42 Å². The summed E-state index contributed by atoms with van der Waals surface area (Å²) < 4.78 is 40.9. The van der Waals surface area contributed by atoms with Gasteiger partial charge in [0.15, 0.2) is 0 Å². The van der Waals surface area contributed by atoms with Gasteiger partial charge in [0.2, 0.25) is 10.0 Å². The number of aryl methyl sites for hydroxylation is 1. The highest BCUT2D eigenvalue weighted by atomic mass is 79.9. The van der Waals surface area contributed by atoms with E-state index in [0.717, 1.165) is 23.3 Å². The summed E-state index contributed by atoms with van der Waals surface area (Å²) in [7, 11) is -3.97. The van der Waals surface area contributed by atoms with Crippen LogP contribution in [0.2, 0.25) is 0 Å². The van der Waals surface area contributed by atoms with Crippen molar-refractivity contribution in [3.63, 3.8) is 0 Å². The van der Waals surface area contributed by atoms with Crippen LogP contribution in [0.25, 0.3) is 0 Å². The average molecular weight is 373 g/mol. The number of hydrogen-bond donors (Lipinski definition) is 2. The molecule has 0 aliphatic heterocycles. The number of anilines is 1. The Hall–Kier alpha value is -1.44. The summed E-state index contributed by atoms with van der Waals surface area (Å²) in [6, 6.07) is 9.50. The molecule has 21 heavy (non-hydrogen) atoms. The third-order valence-corrected chi connectivity index (χ3v) is 5.16. The standard InChI is InChI=1S/C14H14BrFN2O2S/c1-9-4-2-3-5-10(9)8-18-21(19,20)14-7-13(17)11(15)6-12(14)16/h2-7,18H,8,17H2,1H3. The highest BCUT2D eigenvalue weighted by Crippen LogP contribution is 2.26. The second-order valence-corrected chi connectivity index (χ2v) is 7.14. The predicted octanol–water partition coefficient (Wildman–Crippen LogP) is 2.96. The van der Waals surface area contributed by atoms with E-state index in [-0.39, 0.29) is 12.2 Å². The van der Waals surface area contributed by atoms with Gasteiger partial charge in [0.1, 0.15) is 10.7 Å². The van der Waals surface area contributed by atoms with Crippen molar-refractivity contribution in [2.75, 3.05) is 5.73 Å². The topological polar surface area (TPSA) is 72.2 Å². The average Bonchev–Trinajstić information content (AvgIpc) is 2.42. The highest BCUT2D eigenvalue weighted by molar-refractivity contribution is 9.10. The van der Waals surface area contributed by atoms with Gasteiger partial charge in [-0.2, -0.15) is 0 Å². The van der Waals surface area contributed by atoms with Gasteiger partial charge in [-0.3, -0.25) is 0 Å². The Kier molecular flexibility index (Phi) is 4.65. The lowest BCUT2D eigenvalue weighted by Crippen LogP contribution is -2.24. The molecular weight excluding hydrogens is 359 g/mol. The van der Waals surface area contributed by atoms with Gasteiger partial charge in [0, 0.05) is 16.7 Å². The van der Waals surface area contributed by atoms with Crippen LogP contribution in [0, 0.1) is 12.7 Å². The van der Waals surface area contributed by atoms with E-state index < -0.39 is 20.7 Å². The summed E-state index contributed by atoms with van der Waals surface area (Å²) in [6.45, 7) is 1.96. The van der Waals surface area contributed by atoms with E-state index in [4.69, 9.17) is 5.73 Å². The lowest BCUT2D eigenvalue weighted by molar-refractivity contribution is 0.556. The highest BCUT2D eigenvalue weighted by Gasteiger charge is 2.20. The van der Waals surface area contributed by atoms with Crippen LogP contribution in [0.4, 0.5) is 10.1 Å². The maximum atomic E-state index is 13.8. The van der Waals surface area contributed by atoms with E-state index in [0.29, 0.717) is 4.47 Å². The van der Waals surface area contributed by atoms with Gasteiger partial charge in [0.25, 0.3) is 0 Å². The fourth-order valence-electron chi connectivity index (χ4n) is 1.81. The summed E-state index contributed by atoms with van der Waals surface area (Å²) >= 11 is 3.05. The van der Waals surface area contributed by atoms with E-state index in [1.54, 1.807) is 0 Å². The second kappa shape index (κ2) is 6.13. The largest absolute Gasteiger partial charge is 0.398 e. The first-order chi connectivity index (χ1) is 9.81. The molecule has 0 atom stereocenters. The third-order valence-electron chi connectivity index (χ3n) is 3.05. The number of sulfonamides is 1. The van der Waals surface area contributed by atoms with Crippen LogP contribution in [0.5, 0.6) is 0 Å². The molecule has 2 rings (SSSR count). The number of nitrogens with two attached hydrogens (primary N) is 1. The van der Waals surface area contributed by atoms with Crippen LogP contribution in [0.1, 0.15) is 11.1 Å². The normalized spacial score (nSPS) is 11.6. The number of nitrogen functional groups attached to an aromatic ring is 1. The van der Waals surface area contributed by atoms with Gasteiger partial charge in [-0.1, -0.05) is 24.3 Å². The zero-order valence-electron chi connectivity index (χ0n) is 11.2. The monoisotopic (exact) mass is 372 g/mol. The Labute approximate surface area is 131 Å². The van der Waals surface area contributed by atoms with Crippen molar-refractivity contribution in [2.24, 2.45) is 0 Å². The van der Waals surface area contributed by atoms with Gasteiger partial charge >= 0.3 is 0 Å². The minimum absolute atomic E-state index is 0.0877. The third kappa shape index (κ3) is 3.61. The van der Waals surface area contributed by atoms with Gasteiger partial charge < -0.3 is 5.73 Å². The Morgan fingerprint density at radius 1 is 1.29 bits per heavy atom. The molecule has 0 radical (unpaired) electrons. The van der Waals surface area contributed by atoms with E-state index in [2.05, 4.69) is 20.7 Å². The molecule has 112 valence electrons. The summed E-state index contributed by atoms with van der Waals surface area (Å²) in [6.07, 6.45) is 0. The van der Waals surface area contributed by atoms with Crippen LogP contribution >= 0.6 is 15.9 Å². The Bertz CT molecular complexity index is 779. The molecule has 0 heterocycles. The van der Waals surface area contributed by atoms with Crippen molar-refractivity contribution in [3.05, 3.63) is 57.8 Å². The van der Waals surface area contributed by atoms with Crippen LogP contribution in [-0.2, 0) is 16.6 Å². The molecule has 2 aromatic carbocycles. The van der Waals surface area contributed by atoms with Crippen LogP contribution < -0.4 is 10.5 Å². The molecule has 0 fully saturated rings. The lowest BCUT2D eigenvalue weighted by Gasteiger charge is -2.10. The van der Waals surface area contributed by atoms with Crippen molar-refractivity contribution in [3.8, 4) is 0 Å². The molecule has 4 nitrogen and oxygen atoms in total. The van der Waals surface area contributed by atoms with Crippen molar-refractivity contribution in [2.45, 2.75) is 18.4 Å². The quantitative estimate of drug-likeness (QED) is 0.810. The number of benzene rings is 2. The number of nitrogens with one attached hydrogen (secondary N) is 1. The molecule has 0 aliphatic carbocycles. The SMILES string of the molecule is Cc1ccccc1CNS(=O)(=O)c1cc(N)c(Br)cc1F. The Balaban J connectivity index is 2.27. The first kappa shape index (κ1) is 15.9. The fourth-order valence-corrected chi connectivity index (χ4v) is 3.22. The van der Waals surface area contributed by atoms with Gasteiger partial charge in [-0.15, -0.1) is 0 Å². The first-order valence-electron chi connectivity index (χ1n) is 6.10. The molecule has 0 amide bonds. The van der Waals surface area contributed by atoms with E-state index in [1.165, 1.54) is 0 Å². The van der Waals surface area contributed by atoms with E-state index >= 15 is 0 Å². The van der Waals surface area contributed by atoms with Gasteiger partial charge in [-0.25, -0.2) is 17.5 Å². The summed E-state index contributed by atoms with van der Waals surface area (Å²) in [5, 5.41) is 0. The molecule has 0 saturated heterocycles. The molecule has 3 N–H and O–H groups in total. The summed E-state index contributed by atoms with van der Waals surface area (Å²) in [5.74, 6) is -0.853. The zero-order valence-corrected chi connectivity index (χ0v) is 13.6. The molecule has 0 spiro atoms. The Morgan fingerprint density at radius 3 is 2.62 bits per heavy atom. The second-order valence-electron chi connectivity index (χ2n) is 4.56. The Morgan fingerprint density at radius 2 is 1.95 bits per heavy atom. The van der Waals surface area contributed by atoms with Crippen LogP contribution in [0.3, 0.4) is 0 Å². The first-order valence-corrected chi connectivity index (χ1v) is 8.37. The molecule has 0 saturated carbocycles. The fraction of sp³-hybridized carbons (Fsp3) is 0.143. The van der Waals surface area contributed by atoms with Gasteiger partial charge in [0.05, 0.1) is 0 Å². The minimum atomic E-state index is -3.97. The van der Waals surface area contributed by atoms with Crippen molar-refractivity contribution < 1.29 is 12.8 Å². The van der Waals surface area contributed by atoms with Crippen molar-refractivity contribution >= 4 is 31.6 Å². The maximum absolute atomic E-state index is 13.8. The van der Waals surface area contributed by atoms with Crippen molar-refractivity contribution in [1.29, 1.82) is 0 Å². The molecule has 7 heteroatoms. The van der Waals surface area contributed by atoms with E-state index in [9.17, 15) is 12.8 Å². The zero-order chi connectivity index (χ0) is 15.6. The summed E-state index contributed by atoms with van der Waals surface area (Å²) in [5.41, 5.74) is 7.55. The molecule has 0 bridgehead atoms. The van der Waals surface area contributed by atoms with E-state index in [1.807, 2.05) is 31.2 Å². The molecular formula is C14H14BrFN2O2S. The number of rotatable bonds is 4. The molecule has 0 aromatic heterocycles. The number of halogens is 2. The minimum Gasteiger partial charge on any atom is -0.398 e. The maximum Gasteiger partial charge on any atom is 0.243 e. The molecule has 2 aromatic rings. The number of hydrogen-bond acceptors (Lipinski definition) is 3. The van der Waals surface area contributed by atoms with Gasteiger partial charge in [-0.05, 0) is 46.1 Å². The summed E-state index contributed by atoms with van der Waals surface area (Å²) in [4.78, 5) is -0.461. The predicted molar refractivity (Wildman–Crippen MR) is 83.7 cm³/mol. The smallest absolute Gasteiger partial charge is 0.243 e. The lowest BCUT2D eigenvalue weighted by atomic mass is 10.1.